The number of carbonyl (C=O) groups excluding carboxylic acids is 2. The number of aromatic nitrogens is 2. The summed E-state index contributed by atoms with van der Waals surface area (Å²) in [6, 6.07) is 16.7. The topological polar surface area (TPSA) is 91.0 Å². The maximum absolute atomic E-state index is 13.1. The summed E-state index contributed by atoms with van der Waals surface area (Å²) in [6.45, 7) is 7.09. The maximum Gasteiger partial charge on any atom is 0.226 e. The van der Waals surface area contributed by atoms with Crippen LogP contribution in [0.3, 0.4) is 0 Å². The average Bonchev–Trinajstić information content (AvgIpc) is 3.29. The molecule has 0 aliphatic carbocycles. The Labute approximate surface area is 217 Å². The van der Waals surface area contributed by atoms with E-state index in [1.54, 1.807) is 42.5 Å². The highest BCUT2D eigenvalue weighted by Gasteiger charge is 2.23. The Morgan fingerprint density at radius 2 is 1.94 bits per heavy atom. The lowest BCUT2D eigenvalue weighted by Crippen LogP contribution is -2.48. The Kier molecular flexibility index (Phi) is 9.66. The molecule has 0 aliphatic rings. The predicted octanol–water partition coefficient (Wildman–Crippen LogP) is 4.58. The van der Waals surface area contributed by atoms with Gasteiger partial charge in [0.15, 0.2) is 0 Å². The van der Waals surface area contributed by atoms with Crippen LogP contribution in [-0.2, 0) is 29.1 Å². The Hall–Kier alpha value is -3.63. The number of rotatable bonds is 11. The van der Waals surface area contributed by atoms with Crippen LogP contribution in [0.15, 0.2) is 61.1 Å². The zero-order valence-electron chi connectivity index (χ0n) is 20.9. The second-order valence-electron chi connectivity index (χ2n) is 9.09. The van der Waals surface area contributed by atoms with Crippen molar-refractivity contribution in [1.29, 1.82) is 5.26 Å². The van der Waals surface area contributed by atoms with E-state index in [9.17, 15) is 9.59 Å². The SMILES string of the molecule is CCC(C)C(CN(Cc1cccc(Cl)c1)C(C)=O)NC(=O)Cc1cncn1Cc1ccc(C#N)cc1. The third-order valence-corrected chi connectivity index (χ3v) is 6.61. The van der Waals surface area contributed by atoms with Crippen LogP contribution in [0.5, 0.6) is 0 Å². The first kappa shape index (κ1) is 27.0. The number of nitrogens with zero attached hydrogens (tertiary/aromatic N) is 4. The molecule has 0 saturated heterocycles. The standard InChI is InChI=1S/C28H32ClN5O2/c1-4-20(2)27(18-33(21(3)35)17-24-6-5-7-25(29)12-24)32-28(36)13-26-15-31-19-34(26)16-23-10-8-22(14-30)9-11-23/h5-12,15,19-20,27H,4,13,16-18H2,1-3H3,(H,32,36). The van der Waals surface area contributed by atoms with Crippen molar-refractivity contribution in [3.05, 3.63) is 88.5 Å². The second-order valence-corrected chi connectivity index (χ2v) is 9.52. The minimum atomic E-state index is -0.194. The van der Waals surface area contributed by atoms with Crippen molar-refractivity contribution in [1.82, 2.24) is 19.8 Å². The number of benzene rings is 2. The summed E-state index contributed by atoms with van der Waals surface area (Å²) in [6.07, 6.45) is 4.44. The maximum atomic E-state index is 13.1. The van der Waals surface area contributed by atoms with Crippen LogP contribution < -0.4 is 5.32 Å². The number of nitriles is 1. The van der Waals surface area contributed by atoms with Crippen molar-refractivity contribution in [3.8, 4) is 6.07 Å². The molecule has 0 spiro atoms. The van der Waals surface area contributed by atoms with E-state index in [0.29, 0.717) is 30.2 Å². The fourth-order valence-corrected chi connectivity index (χ4v) is 4.20. The first-order valence-electron chi connectivity index (χ1n) is 12.1. The molecule has 3 aromatic rings. The molecular formula is C28H32ClN5O2. The molecular weight excluding hydrogens is 474 g/mol. The largest absolute Gasteiger partial charge is 0.351 e. The summed E-state index contributed by atoms with van der Waals surface area (Å²) in [5.74, 6) is 0.00452. The highest BCUT2D eigenvalue weighted by atomic mass is 35.5. The van der Waals surface area contributed by atoms with Crippen LogP contribution in [-0.4, -0.2) is 38.9 Å². The monoisotopic (exact) mass is 505 g/mol. The van der Waals surface area contributed by atoms with Crippen molar-refractivity contribution in [2.75, 3.05) is 6.54 Å². The minimum Gasteiger partial charge on any atom is -0.351 e. The molecule has 36 heavy (non-hydrogen) atoms. The molecule has 1 aromatic heterocycles. The molecule has 8 heteroatoms. The first-order valence-corrected chi connectivity index (χ1v) is 12.4. The number of amides is 2. The molecule has 2 amide bonds. The van der Waals surface area contributed by atoms with Gasteiger partial charge >= 0.3 is 0 Å². The molecule has 1 N–H and O–H groups in total. The molecule has 7 nitrogen and oxygen atoms in total. The third-order valence-electron chi connectivity index (χ3n) is 6.38. The van der Waals surface area contributed by atoms with Crippen LogP contribution >= 0.6 is 11.6 Å². The van der Waals surface area contributed by atoms with Crippen molar-refractivity contribution in [2.45, 2.75) is 52.7 Å². The zero-order chi connectivity index (χ0) is 26.1. The highest BCUT2D eigenvalue weighted by Crippen LogP contribution is 2.16. The fraction of sp³-hybridized carbons (Fsp3) is 0.357. The van der Waals surface area contributed by atoms with Crippen LogP contribution in [0, 0.1) is 17.2 Å². The fourth-order valence-electron chi connectivity index (χ4n) is 3.99. The molecule has 2 atom stereocenters. The molecule has 0 saturated carbocycles. The summed E-state index contributed by atoms with van der Waals surface area (Å²) < 4.78 is 1.93. The smallest absolute Gasteiger partial charge is 0.226 e. The van der Waals surface area contributed by atoms with Gasteiger partial charge in [0, 0.05) is 49.5 Å². The van der Waals surface area contributed by atoms with E-state index < -0.39 is 0 Å². The van der Waals surface area contributed by atoms with Gasteiger partial charge < -0.3 is 14.8 Å². The average molecular weight is 506 g/mol. The lowest BCUT2D eigenvalue weighted by molar-refractivity contribution is -0.131. The lowest BCUT2D eigenvalue weighted by Gasteiger charge is -2.31. The number of hydrogen-bond acceptors (Lipinski definition) is 4. The summed E-state index contributed by atoms with van der Waals surface area (Å²) in [7, 11) is 0. The van der Waals surface area contributed by atoms with Gasteiger partial charge in [-0.3, -0.25) is 9.59 Å². The summed E-state index contributed by atoms with van der Waals surface area (Å²) in [4.78, 5) is 31.5. The predicted molar refractivity (Wildman–Crippen MR) is 140 cm³/mol. The number of nitrogens with one attached hydrogen (secondary N) is 1. The first-order chi connectivity index (χ1) is 17.3. The van der Waals surface area contributed by atoms with Crippen molar-refractivity contribution in [3.63, 3.8) is 0 Å². The Bertz CT molecular complexity index is 1220. The molecule has 0 fully saturated rings. The third kappa shape index (κ3) is 7.69. The molecule has 0 aliphatic heterocycles. The van der Waals surface area contributed by atoms with Crippen LogP contribution in [0.4, 0.5) is 0 Å². The zero-order valence-corrected chi connectivity index (χ0v) is 21.7. The second kappa shape index (κ2) is 12.9. The Balaban J connectivity index is 1.67. The summed E-state index contributed by atoms with van der Waals surface area (Å²) >= 11 is 6.12. The Morgan fingerprint density at radius 3 is 2.58 bits per heavy atom. The van der Waals surface area contributed by atoms with Gasteiger partial charge in [-0.1, -0.05) is 56.1 Å². The summed E-state index contributed by atoms with van der Waals surface area (Å²) in [5, 5.41) is 12.8. The quantitative estimate of drug-likeness (QED) is 0.413. The molecule has 2 unspecified atom stereocenters. The van der Waals surface area contributed by atoms with E-state index in [1.807, 2.05) is 34.9 Å². The number of imidazole rings is 1. The van der Waals surface area contributed by atoms with Crippen molar-refractivity contribution in [2.24, 2.45) is 5.92 Å². The normalized spacial score (nSPS) is 12.4. The van der Waals surface area contributed by atoms with Crippen LogP contribution in [0.2, 0.25) is 5.02 Å². The van der Waals surface area contributed by atoms with Crippen molar-refractivity contribution >= 4 is 23.4 Å². The van der Waals surface area contributed by atoms with Crippen LogP contribution in [0.25, 0.3) is 0 Å². The van der Waals surface area contributed by atoms with Gasteiger partial charge in [0.2, 0.25) is 11.8 Å². The van der Waals surface area contributed by atoms with E-state index in [2.05, 4.69) is 30.2 Å². The van der Waals surface area contributed by atoms with Gasteiger partial charge in [0.1, 0.15) is 0 Å². The Morgan fingerprint density at radius 1 is 1.19 bits per heavy atom. The summed E-state index contributed by atoms with van der Waals surface area (Å²) in [5.41, 5.74) is 3.36. The lowest BCUT2D eigenvalue weighted by atomic mass is 9.98. The number of carbonyl (C=O) groups is 2. The number of hydrogen-bond donors (Lipinski definition) is 1. The van der Waals surface area contributed by atoms with Gasteiger partial charge in [0.25, 0.3) is 0 Å². The molecule has 3 rings (SSSR count). The van der Waals surface area contributed by atoms with Gasteiger partial charge in [-0.25, -0.2) is 4.98 Å². The van der Waals surface area contributed by atoms with Gasteiger partial charge in [-0.15, -0.1) is 0 Å². The van der Waals surface area contributed by atoms with E-state index in [-0.39, 0.29) is 30.2 Å². The highest BCUT2D eigenvalue weighted by molar-refractivity contribution is 6.30. The van der Waals surface area contributed by atoms with E-state index in [4.69, 9.17) is 16.9 Å². The number of halogens is 1. The molecule has 0 radical (unpaired) electrons. The molecule has 188 valence electrons. The van der Waals surface area contributed by atoms with Gasteiger partial charge in [-0.2, -0.15) is 5.26 Å². The minimum absolute atomic E-state index is 0.0574. The van der Waals surface area contributed by atoms with Crippen LogP contribution in [0.1, 0.15) is 49.6 Å². The molecule has 2 aromatic carbocycles. The van der Waals surface area contributed by atoms with E-state index >= 15 is 0 Å². The van der Waals surface area contributed by atoms with Crippen molar-refractivity contribution < 1.29 is 9.59 Å². The van der Waals surface area contributed by atoms with E-state index in [0.717, 1.165) is 23.2 Å². The van der Waals surface area contributed by atoms with Gasteiger partial charge in [0.05, 0.1) is 24.4 Å². The molecule has 0 bridgehead atoms. The van der Waals surface area contributed by atoms with Gasteiger partial charge in [-0.05, 0) is 41.3 Å². The molecule has 1 heterocycles. The van der Waals surface area contributed by atoms with E-state index in [1.165, 1.54) is 0 Å².